The maximum absolute atomic E-state index is 12.8. The molecule has 0 unspecified atom stereocenters. The van der Waals surface area contributed by atoms with Crippen LogP contribution in [0.15, 0.2) is 54.1 Å². The fourth-order valence-electron chi connectivity index (χ4n) is 5.27. The molecule has 2 fully saturated rings. The maximum atomic E-state index is 12.8. The van der Waals surface area contributed by atoms with Gasteiger partial charge in [0.05, 0.1) is 0 Å². The van der Waals surface area contributed by atoms with E-state index in [9.17, 15) is 4.79 Å². The van der Waals surface area contributed by atoms with Crippen LogP contribution in [0.4, 0.5) is 5.69 Å². The number of nitrogens with one attached hydrogen (secondary N) is 2. The molecule has 1 aliphatic carbocycles. The van der Waals surface area contributed by atoms with Crippen molar-refractivity contribution < 1.29 is 4.79 Å². The number of carbonyl (C=O) groups excluding carboxylic acids is 1. The molecule has 4 nitrogen and oxygen atoms in total. The molecule has 0 spiro atoms. The molecule has 2 aliphatic rings. The summed E-state index contributed by atoms with van der Waals surface area (Å²) in [7, 11) is 0. The van der Waals surface area contributed by atoms with Crippen molar-refractivity contribution in [2.45, 2.75) is 64.8 Å². The van der Waals surface area contributed by atoms with Crippen LogP contribution in [0.3, 0.4) is 0 Å². The molecular weight excluding hydrogens is 406 g/mol. The highest BCUT2D eigenvalue weighted by Crippen LogP contribution is 2.33. The molecule has 33 heavy (non-hydrogen) atoms. The normalized spacial score (nSPS) is 17.0. The summed E-state index contributed by atoms with van der Waals surface area (Å²) in [4.78, 5) is 14.7. The van der Waals surface area contributed by atoms with E-state index in [0.29, 0.717) is 6.04 Å². The fourth-order valence-corrected chi connectivity index (χ4v) is 5.27. The van der Waals surface area contributed by atoms with E-state index in [0.717, 1.165) is 44.6 Å². The predicted octanol–water partition coefficient (Wildman–Crippen LogP) is 6.10. The molecule has 0 atom stereocenters. The molecule has 4 heteroatoms. The number of anilines is 1. The third-order valence-corrected chi connectivity index (χ3v) is 7.16. The van der Waals surface area contributed by atoms with Gasteiger partial charge in [0.15, 0.2) is 0 Å². The standard InChI is InChI=1S/C29H39N3O/c1-3-32(4-2)29(33)24-15-13-22(14-16-24)28(23-17-19-30-20-18-23)25-9-8-12-27(21-25)31-26-10-6-5-7-11-26/h8-9,12-16,21,26,30-31H,3-7,10-11,17-20H2,1-2H3. The second-order valence-corrected chi connectivity index (χ2v) is 9.34. The van der Waals surface area contributed by atoms with Crippen molar-refractivity contribution in [2.75, 3.05) is 31.5 Å². The first-order valence-electron chi connectivity index (χ1n) is 12.9. The number of hydrogen-bond acceptors (Lipinski definition) is 3. The molecule has 2 aromatic carbocycles. The quantitative estimate of drug-likeness (QED) is 0.541. The SMILES string of the molecule is CCN(CC)C(=O)c1ccc(C(=C2CCNCC2)c2cccc(NC3CCCCC3)c2)cc1. The second-order valence-electron chi connectivity index (χ2n) is 9.34. The van der Waals surface area contributed by atoms with E-state index in [1.807, 2.05) is 30.9 Å². The second kappa shape index (κ2) is 11.5. The van der Waals surface area contributed by atoms with Crippen LogP contribution >= 0.6 is 0 Å². The van der Waals surface area contributed by atoms with Crippen molar-refractivity contribution in [1.82, 2.24) is 10.2 Å². The Morgan fingerprint density at radius 3 is 2.24 bits per heavy atom. The number of nitrogens with zero attached hydrogens (tertiary/aromatic N) is 1. The van der Waals surface area contributed by atoms with E-state index in [-0.39, 0.29) is 5.91 Å². The monoisotopic (exact) mass is 445 g/mol. The van der Waals surface area contributed by atoms with Crippen molar-refractivity contribution in [3.63, 3.8) is 0 Å². The number of piperidine rings is 1. The number of hydrogen-bond donors (Lipinski definition) is 2. The minimum absolute atomic E-state index is 0.112. The first-order valence-corrected chi connectivity index (χ1v) is 12.9. The molecule has 176 valence electrons. The van der Waals surface area contributed by atoms with E-state index >= 15 is 0 Å². The van der Waals surface area contributed by atoms with Gasteiger partial charge in [-0.25, -0.2) is 0 Å². The summed E-state index contributed by atoms with van der Waals surface area (Å²) in [6, 6.07) is 17.8. The smallest absolute Gasteiger partial charge is 0.253 e. The summed E-state index contributed by atoms with van der Waals surface area (Å²) < 4.78 is 0. The molecule has 1 aliphatic heterocycles. The van der Waals surface area contributed by atoms with Crippen molar-refractivity contribution in [3.05, 3.63) is 70.8 Å². The average molecular weight is 446 g/mol. The lowest BCUT2D eigenvalue weighted by molar-refractivity contribution is 0.0773. The lowest BCUT2D eigenvalue weighted by atomic mass is 9.88. The Kier molecular flexibility index (Phi) is 8.22. The van der Waals surface area contributed by atoms with Gasteiger partial charge in [0.25, 0.3) is 5.91 Å². The Balaban J connectivity index is 1.64. The van der Waals surface area contributed by atoms with E-state index in [2.05, 4.69) is 47.0 Å². The summed E-state index contributed by atoms with van der Waals surface area (Å²) in [5.74, 6) is 0.112. The summed E-state index contributed by atoms with van der Waals surface area (Å²) in [5, 5.41) is 7.29. The first kappa shape index (κ1) is 23.6. The number of amides is 1. The van der Waals surface area contributed by atoms with Crippen LogP contribution < -0.4 is 10.6 Å². The van der Waals surface area contributed by atoms with E-state index in [4.69, 9.17) is 0 Å². The van der Waals surface area contributed by atoms with Gasteiger partial charge in [-0.2, -0.15) is 0 Å². The molecule has 0 aromatic heterocycles. The first-order chi connectivity index (χ1) is 16.2. The van der Waals surface area contributed by atoms with Crippen LogP contribution in [0.2, 0.25) is 0 Å². The molecule has 1 amide bonds. The summed E-state index contributed by atoms with van der Waals surface area (Å²) in [6.07, 6.45) is 8.70. The summed E-state index contributed by atoms with van der Waals surface area (Å²) in [5.41, 5.74) is 7.31. The van der Waals surface area contributed by atoms with E-state index < -0.39 is 0 Å². The molecule has 1 heterocycles. The third-order valence-electron chi connectivity index (χ3n) is 7.16. The van der Waals surface area contributed by atoms with Crippen LogP contribution in [0.1, 0.15) is 80.3 Å². The van der Waals surface area contributed by atoms with Crippen molar-refractivity contribution >= 4 is 17.2 Å². The Morgan fingerprint density at radius 1 is 0.909 bits per heavy atom. The maximum Gasteiger partial charge on any atom is 0.253 e. The highest BCUT2D eigenvalue weighted by atomic mass is 16.2. The number of benzene rings is 2. The van der Waals surface area contributed by atoms with Crippen molar-refractivity contribution in [3.8, 4) is 0 Å². The zero-order chi connectivity index (χ0) is 23.0. The average Bonchev–Trinajstić information content (AvgIpc) is 2.87. The molecule has 1 saturated heterocycles. The topological polar surface area (TPSA) is 44.4 Å². The zero-order valence-electron chi connectivity index (χ0n) is 20.3. The van der Waals surface area contributed by atoms with Gasteiger partial charge in [-0.1, -0.05) is 49.1 Å². The van der Waals surface area contributed by atoms with E-state index in [1.165, 1.54) is 60.1 Å². The fraction of sp³-hybridized carbons (Fsp3) is 0.483. The van der Waals surface area contributed by atoms with Crippen LogP contribution in [0, 0.1) is 0 Å². The molecular formula is C29H39N3O. The lowest BCUT2D eigenvalue weighted by Crippen LogP contribution is -2.30. The molecule has 2 N–H and O–H groups in total. The summed E-state index contributed by atoms with van der Waals surface area (Å²) >= 11 is 0. The Hall–Kier alpha value is -2.59. The lowest BCUT2D eigenvalue weighted by Gasteiger charge is -2.25. The summed E-state index contributed by atoms with van der Waals surface area (Å²) in [6.45, 7) is 7.59. The molecule has 2 aromatic rings. The molecule has 0 radical (unpaired) electrons. The van der Waals surface area contributed by atoms with Gasteiger partial charge in [-0.3, -0.25) is 4.79 Å². The van der Waals surface area contributed by atoms with Gasteiger partial charge >= 0.3 is 0 Å². The van der Waals surface area contributed by atoms with Crippen LogP contribution in [-0.4, -0.2) is 43.0 Å². The van der Waals surface area contributed by atoms with Gasteiger partial charge in [0.2, 0.25) is 0 Å². The highest BCUT2D eigenvalue weighted by molar-refractivity contribution is 5.95. The molecule has 0 bridgehead atoms. The van der Waals surface area contributed by atoms with E-state index in [1.54, 1.807) is 0 Å². The van der Waals surface area contributed by atoms with Gasteiger partial charge in [-0.05, 0) is 93.6 Å². The van der Waals surface area contributed by atoms with Gasteiger partial charge < -0.3 is 15.5 Å². The highest BCUT2D eigenvalue weighted by Gasteiger charge is 2.18. The van der Waals surface area contributed by atoms with Crippen molar-refractivity contribution in [2.24, 2.45) is 0 Å². The van der Waals surface area contributed by atoms with Crippen LogP contribution in [0.5, 0.6) is 0 Å². The molecule has 4 rings (SSSR count). The Bertz CT molecular complexity index is 945. The van der Waals surface area contributed by atoms with Gasteiger partial charge in [0.1, 0.15) is 0 Å². The Morgan fingerprint density at radius 2 is 1.58 bits per heavy atom. The Labute approximate surface area is 199 Å². The van der Waals surface area contributed by atoms with Crippen LogP contribution in [-0.2, 0) is 0 Å². The zero-order valence-corrected chi connectivity index (χ0v) is 20.3. The minimum atomic E-state index is 0.112. The third kappa shape index (κ3) is 5.86. The minimum Gasteiger partial charge on any atom is -0.382 e. The van der Waals surface area contributed by atoms with Gasteiger partial charge in [0, 0.05) is 30.4 Å². The van der Waals surface area contributed by atoms with Crippen LogP contribution in [0.25, 0.3) is 5.57 Å². The number of rotatable bonds is 7. The largest absolute Gasteiger partial charge is 0.382 e. The predicted molar refractivity (Wildman–Crippen MR) is 139 cm³/mol. The number of carbonyl (C=O) groups is 1. The van der Waals surface area contributed by atoms with Crippen molar-refractivity contribution in [1.29, 1.82) is 0 Å². The van der Waals surface area contributed by atoms with Gasteiger partial charge in [-0.15, -0.1) is 0 Å². The molecule has 1 saturated carbocycles.